The zero-order valence-corrected chi connectivity index (χ0v) is 29.2. The zero-order valence-electron chi connectivity index (χ0n) is 29.2. The van der Waals surface area contributed by atoms with Crippen LogP contribution in [0.25, 0.3) is 0 Å². The highest BCUT2D eigenvalue weighted by atomic mass is 16.7. The van der Waals surface area contributed by atoms with E-state index in [-0.39, 0.29) is 12.8 Å². The molecular formula is C34H55NO16. The Hall–Kier alpha value is -1.91. The van der Waals surface area contributed by atoms with Crippen LogP contribution in [0.15, 0.2) is 30.3 Å². The smallest absolute Gasteiger partial charge is 0.227 e. The van der Waals surface area contributed by atoms with E-state index in [1.165, 1.54) is 6.92 Å². The van der Waals surface area contributed by atoms with Gasteiger partial charge >= 0.3 is 0 Å². The van der Waals surface area contributed by atoms with Gasteiger partial charge < -0.3 is 80.1 Å². The molecule has 3 saturated heterocycles. The van der Waals surface area contributed by atoms with Crippen molar-refractivity contribution in [2.45, 2.75) is 144 Å². The van der Waals surface area contributed by atoms with Crippen LogP contribution in [0.2, 0.25) is 0 Å². The van der Waals surface area contributed by atoms with Crippen LogP contribution in [0.4, 0.5) is 5.69 Å². The molecule has 0 radical (unpaired) electrons. The number of anilines is 1. The molecule has 0 spiro atoms. The third-order valence-corrected chi connectivity index (χ3v) is 10.5. The van der Waals surface area contributed by atoms with Crippen LogP contribution in [0, 0.1) is 11.8 Å². The summed E-state index contributed by atoms with van der Waals surface area (Å²) in [5, 5.41) is 110. The number of carbonyl (C=O) groups excluding carboxylic acids is 1. The second-order valence-corrected chi connectivity index (χ2v) is 14.1. The van der Waals surface area contributed by atoms with Gasteiger partial charge in [-0.15, -0.1) is 0 Å². The number of ether oxygens (including phenoxy) is 5. The summed E-state index contributed by atoms with van der Waals surface area (Å²) in [7, 11) is 0. The molecule has 3 aliphatic rings. The minimum Gasteiger partial charge on any atom is -0.394 e. The lowest BCUT2D eigenvalue weighted by molar-refractivity contribution is -0.374. The minimum atomic E-state index is -1.80. The lowest BCUT2D eigenvalue weighted by atomic mass is 9.73. The van der Waals surface area contributed by atoms with Gasteiger partial charge in [-0.25, -0.2) is 0 Å². The van der Waals surface area contributed by atoms with Crippen LogP contribution in [-0.2, 0) is 28.5 Å². The molecular weight excluding hydrogens is 678 g/mol. The number of benzene rings is 1. The lowest BCUT2D eigenvalue weighted by Crippen LogP contribution is -2.68. The Morgan fingerprint density at radius 3 is 1.76 bits per heavy atom. The van der Waals surface area contributed by atoms with Crippen LogP contribution < -0.4 is 5.32 Å². The van der Waals surface area contributed by atoms with E-state index >= 15 is 0 Å². The molecule has 17 nitrogen and oxygen atoms in total. The Kier molecular flexibility index (Phi) is 14.3. The van der Waals surface area contributed by atoms with Gasteiger partial charge in [0, 0.05) is 17.5 Å². The van der Waals surface area contributed by atoms with E-state index in [0.717, 1.165) is 0 Å². The van der Waals surface area contributed by atoms with E-state index in [4.69, 9.17) is 23.7 Å². The minimum absolute atomic E-state index is 0.111. The molecule has 1 aromatic carbocycles. The molecule has 17 heteroatoms. The second kappa shape index (κ2) is 17.5. The number of hydrogen-bond donors (Lipinski definition) is 11. The zero-order chi connectivity index (χ0) is 37.8. The average molecular weight is 734 g/mol. The van der Waals surface area contributed by atoms with Gasteiger partial charge in [0.15, 0.2) is 18.9 Å². The lowest BCUT2D eigenvalue weighted by Gasteiger charge is -2.54. The van der Waals surface area contributed by atoms with E-state index in [9.17, 15) is 55.9 Å². The monoisotopic (exact) mass is 733 g/mol. The standard InChI is InChI=1S/C34H55NO16/c1-5-12-34(4,51-32-29(45)26(42)23(39)17(48-32)13-20(38)35-16-10-8-7-9-11-16)22-19(15-37)49-31(28(44)25(22)41)50-33(3,6-2)21-18(14-36)47-30(46)27(43)24(21)40/h7-11,17-19,21-32,36-37,39-46H,5-6,12-15H2,1-4H3,(H,35,38)/t17?,18?,19?,21-,22-,23-,24?,25?,26?,27?,28?,29?,30-,31+,32+,33?,34?/m1/s1. The predicted molar refractivity (Wildman–Crippen MR) is 175 cm³/mol. The first kappa shape index (κ1) is 41.8. The van der Waals surface area contributed by atoms with Gasteiger partial charge in [0.05, 0.1) is 61.4 Å². The van der Waals surface area contributed by atoms with Crippen molar-refractivity contribution in [1.29, 1.82) is 0 Å². The van der Waals surface area contributed by atoms with Crippen LogP contribution in [0.1, 0.15) is 53.4 Å². The highest BCUT2D eigenvalue weighted by molar-refractivity contribution is 5.91. The Labute approximate surface area is 296 Å². The van der Waals surface area contributed by atoms with Crippen LogP contribution in [-0.4, -0.2) is 161 Å². The highest BCUT2D eigenvalue weighted by Crippen LogP contribution is 2.44. The van der Waals surface area contributed by atoms with Crippen molar-refractivity contribution >= 4 is 11.6 Å². The maximum absolute atomic E-state index is 12.8. The fraction of sp³-hybridized carbons (Fsp3) is 0.794. The quantitative estimate of drug-likeness (QED) is 0.0958. The average Bonchev–Trinajstić information content (AvgIpc) is 3.10. The van der Waals surface area contributed by atoms with Gasteiger partial charge in [-0.1, -0.05) is 38.5 Å². The van der Waals surface area contributed by atoms with Crippen molar-refractivity contribution in [3.8, 4) is 0 Å². The van der Waals surface area contributed by atoms with Crippen molar-refractivity contribution in [1.82, 2.24) is 0 Å². The largest absolute Gasteiger partial charge is 0.394 e. The molecule has 3 heterocycles. The van der Waals surface area contributed by atoms with Gasteiger partial charge in [0.1, 0.15) is 30.5 Å². The summed E-state index contributed by atoms with van der Waals surface area (Å²) in [6.07, 6.45) is -20.7. The van der Waals surface area contributed by atoms with Gasteiger partial charge in [-0.05, 0) is 38.8 Å². The van der Waals surface area contributed by atoms with Gasteiger partial charge in [0.2, 0.25) is 5.91 Å². The number of hydrogen-bond acceptors (Lipinski definition) is 16. The molecule has 1 amide bonds. The molecule has 0 aromatic heterocycles. The van der Waals surface area contributed by atoms with Crippen LogP contribution in [0.3, 0.4) is 0 Å². The number of aliphatic hydroxyl groups is 10. The normalized spacial score (nSPS) is 41.3. The summed E-state index contributed by atoms with van der Waals surface area (Å²) in [6.45, 7) is 5.16. The Bertz CT molecular complexity index is 1240. The van der Waals surface area contributed by atoms with Crippen molar-refractivity contribution in [3.63, 3.8) is 0 Å². The van der Waals surface area contributed by atoms with Gasteiger partial charge in [-0.2, -0.15) is 0 Å². The van der Waals surface area contributed by atoms with E-state index < -0.39 is 128 Å². The second-order valence-electron chi connectivity index (χ2n) is 14.1. The SMILES string of the molecule is CCCC(C)(O[C@@H]1OC(CC(=O)Nc2ccccc2)[C@@H](O)C(O)C1O)[C@@H]1C(CO)O[C@@H](OC(C)(CC)[C@@H]2C(CO)O[C@@H](O)C(O)C2O)C(O)C1O. The van der Waals surface area contributed by atoms with Crippen molar-refractivity contribution in [3.05, 3.63) is 30.3 Å². The van der Waals surface area contributed by atoms with Crippen LogP contribution >= 0.6 is 0 Å². The Morgan fingerprint density at radius 1 is 0.686 bits per heavy atom. The van der Waals surface area contributed by atoms with Crippen molar-refractivity contribution < 1.29 is 79.5 Å². The summed E-state index contributed by atoms with van der Waals surface area (Å²) in [6, 6.07) is 8.53. The summed E-state index contributed by atoms with van der Waals surface area (Å²) in [5.74, 6) is -2.90. The number of rotatable bonds is 14. The number of carbonyl (C=O) groups is 1. The Balaban J connectivity index is 1.55. The molecule has 0 bridgehead atoms. The summed E-state index contributed by atoms with van der Waals surface area (Å²) in [5.41, 5.74) is -2.54. The predicted octanol–water partition coefficient (Wildman–Crippen LogP) is -2.31. The highest BCUT2D eigenvalue weighted by Gasteiger charge is 2.58. The molecule has 11 unspecified atom stereocenters. The van der Waals surface area contributed by atoms with E-state index in [1.54, 1.807) is 51.1 Å². The van der Waals surface area contributed by atoms with E-state index in [0.29, 0.717) is 12.1 Å². The molecule has 51 heavy (non-hydrogen) atoms. The fourth-order valence-corrected chi connectivity index (χ4v) is 7.62. The third kappa shape index (κ3) is 8.91. The van der Waals surface area contributed by atoms with Crippen molar-refractivity contribution in [2.75, 3.05) is 18.5 Å². The summed E-state index contributed by atoms with van der Waals surface area (Å²) in [4.78, 5) is 12.8. The van der Waals surface area contributed by atoms with Crippen molar-refractivity contribution in [2.24, 2.45) is 11.8 Å². The van der Waals surface area contributed by atoms with E-state index in [1.807, 2.05) is 0 Å². The van der Waals surface area contributed by atoms with Crippen LogP contribution in [0.5, 0.6) is 0 Å². The molecule has 0 saturated carbocycles. The first-order chi connectivity index (χ1) is 24.0. The molecule has 3 fully saturated rings. The number of nitrogens with one attached hydrogen (secondary N) is 1. The first-order valence-corrected chi connectivity index (χ1v) is 17.4. The molecule has 17 atom stereocenters. The maximum Gasteiger partial charge on any atom is 0.227 e. The molecule has 4 rings (SSSR count). The topological polar surface area (TPSA) is 278 Å². The maximum atomic E-state index is 12.8. The number of aliphatic hydroxyl groups excluding tert-OH is 10. The Morgan fingerprint density at radius 2 is 1.20 bits per heavy atom. The number of para-hydroxylation sites is 1. The third-order valence-electron chi connectivity index (χ3n) is 10.5. The molecule has 11 N–H and O–H groups in total. The molecule has 1 aromatic rings. The summed E-state index contributed by atoms with van der Waals surface area (Å²) < 4.78 is 29.7. The fourth-order valence-electron chi connectivity index (χ4n) is 7.62. The number of amides is 1. The van der Waals surface area contributed by atoms with Gasteiger partial charge in [-0.3, -0.25) is 4.79 Å². The molecule has 0 aliphatic carbocycles. The van der Waals surface area contributed by atoms with Gasteiger partial charge in [0.25, 0.3) is 0 Å². The summed E-state index contributed by atoms with van der Waals surface area (Å²) >= 11 is 0. The first-order valence-electron chi connectivity index (χ1n) is 17.4. The molecule has 3 aliphatic heterocycles. The molecule has 292 valence electrons. The van der Waals surface area contributed by atoms with E-state index in [2.05, 4.69) is 5.32 Å².